The van der Waals surface area contributed by atoms with Gasteiger partial charge in [-0.15, -0.1) is 0 Å². The summed E-state index contributed by atoms with van der Waals surface area (Å²) in [7, 11) is -3.51. The largest absolute Gasteiger partial charge is 0.397 e. The van der Waals surface area contributed by atoms with Crippen LogP contribution in [0.5, 0.6) is 0 Å². The maximum atomic E-state index is 11.1. The second-order valence-electron chi connectivity index (χ2n) is 8.34. The number of hydrogen-bond acceptors (Lipinski definition) is 8. The first-order valence-electron chi connectivity index (χ1n) is 11.7. The summed E-state index contributed by atoms with van der Waals surface area (Å²) < 4.78 is 46.1. The van der Waals surface area contributed by atoms with E-state index >= 15 is 0 Å². The van der Waals surface area contributed by atoms with E-state index in [0.717, 1.165) is 12.8 Å². The highest BCUT2D eigenvalue weighted by Crippen LogP contribution is 2.25. The third-order valence-corrected chi connectivity index (χ3v) is 6.12. The molecular weight excluding hydrogens is 426 g/mol. The Labute approximate surface area is 187 Å². The predicted molar refractivity (Wildman–Crippen MR) is 118 cm³/mol. The van der Waals surface area contributed by atoms with Gasteiger partial charge in [-0.05, 0) is 13.0 Å². The quantitative estimate of drug-likeness (QED) is 0.176. The van der Waals surface area contributed by atoms with E-state index < -0.39 is 41.1 Å². The van der Waals surface area contributed by atoms with Gasteiger partial charge in [-0.25, -0.2) is 4.18 Å². The van der Waals surface area contributed by atoms with E-state index in [0.29, 0.717) is 6.54 Å². The van der Waals surface area contributed by atoms with Crippen LogP contribution in [0.25, 0.3) is 0 Å². The first kappa shape index (κ1) is 28.7. The van der Waals surface area contributed by atoms with Crippen LogP contribution in [0.15, 0.2) is 0 Å². The van der Waals surface area contributed by atoms with E-state index in [9.17, 15) is 18.6 Å². The number of ether oxygens (including phenoxy) is 2. The molecule has 186 valence electrons. The van der Waals surface area contributed by atoms with Crippen molar-refractivity contribution < 1.29 is 36.8 Å². The lowest BCUT2D eigenvalue weighted by atomic mass is 9.99. The number of rotatable bonds is 18. The molecule has 0 aromatic rings. The lowest BCUT2D eigenvalue weighted by Crippen LogP contribution is -2.61. The zero-order valence-electron chi connectivity index (χ0n) is 19.1. The highest BCUT2D eigenvalue weighted by molar-refractivity contribution is 7.80. The number of aliphatic hydroxyl groups excluding tert-OH is 2. The first-order chi connectivity index (χ1) is 14.8. The molecule has 1 aliphatic rings. The van der Waals surface area contributed by atoms with Crippen LogP contribution in [0, 0.1) is 0 Å². The van der Waals surface area contributed by atoms with Gasteiger partial charge in [0.15, 0.2) is 6.29 Å². The molecule has 0 amide bonds. The first-order valence-corrected chi connectivity index (χ1v) is 13.1. The Hall–Kier alpha value is -0.330. The van der Waals surface area contributed by atoms with Gasteiger partial charge in [0, 0.05) is 13.7 Å². The zero-order valence-corrected chi connectivity index (χ0v) is 19.9. The van der Waals surface area contributed by atoms with Gasteiger partial charge in [-0.1, -0.05) is 77.6 Å². The van der Waals surface area contributed by atoms with Crippen molar-refractivity contribution in [1.29, 1.82) is 0 Å². The van der Waals surface area contributed by atoms with E-state index in [2.05, 4.69) is 16.4 Å². The number of nitrogens with one attached hydrogen (secondary N) is 1. The minimum Gasteiger partial charge on any atom is -0.387 e. The van der Waals surface area contributed by atoms with E-state index in [1.54, 1.807) is 0 Å². The van der Waals surface area contributed by atoms with Crippen molar-refractivity contribution in [1.82, 2.24) is 5.32 Å². The molecule has 1 heterocycles. The van der Waals surface area contributed by atoms with Gasteiger partial charge < -0.3 is 25.0 Å². The van der Waals surface area contributed by atoms with Crippen LogP contribution in [0.4, 0.5) is 0 Å². The molecule has 9 nitrogen and oxygen atoms in total. The fourth-order valence-corrected chi connectivity index (χ4v) is 4.38. The predicted octanol–water partition coefficient (Wildman–Crippen LogP) is 2.56. The molecule has 0 spiro atoms. The average Bonchev–Trinajstić information content (AvgIpc) is 2.72. The SMILES string of the molecule is CCCCCCCCCCCCCCNC[C@H]1O[C@H](OC)[C@H](O)[C@@H](O)[C@@H]1OS(=O)(=O)O. The molecule has 0 radical (unpaired) electrons. The van der Waals surface area contributed by atoms with E-state index in [-0.39, 0.29) is 6.54 Å². The number of hydrogen-bond donors (Lipinski definition) is 4. The summed E-state index contributed by atoms with van der Waals surface area (Å²) in [4.78, 5) is 0. The van der Waals surface area contributed by atoms with Crippen molar-refractivity contribution in [3.05, 3.63) is 0 Å². The summed E-state index contributed by atoms with van der Waals surface area (Å²) in [6.45, 7) is 3.12. The molecule has 5 atom stereocenters. The zero-order chi connectivity index (χ0) is 23.1. The second kappa shape index (κ2) is 16.3. The summed E-state index contributed by atoms with van der Waals surface area (Å²) in [6.07, 6.45) is 8.59. The van der Waals surface area contributed by atoms with Gasteiger partial charge in [0.05, 0.1) is 0 Å². The molecule has 0 saturated carbocycles. The standard InChI is InChI=1S/C21H43NO8S/c1-3-4-5-6-7-8-9-10-11-12-13-14-15-22-16-17-20(30-31(25,26)27)18(23)19(24)21(28-2)29-17/h17-24H,3-16H2,1-2H3,(H,25,26,27)/t17-,18-,19-,20-,21+/m1/s1. The fraction of sp³-hybridized carbons (Fsp3) is 1.00. The third-order valence-electron chi connectivity index (χ3n) is 5.66. The Morgan fingerprint density at radius 1 is 0.871 bits per heavy atom. The van der Waals surface area contributed by atoms with Crippen LogP contribution in [-0.4, -0.2) is 74.1 Å². The number of unbranched alkanes of at least 4 members (excludes halogenated alkanes) is 11. The topological polar surface area (TPSA) is 135 Å². The minimum atomic E-state index is -4.82. The Morgan fingerprint density at radius 3 is 1.87 bits per heavy atom. The van der Waals surface area contributed by atoms with Crippen LogP contribution in [0.3, 0.4) is 0 Å². The van der Waals surface area contributed by atoms with Gasteiger partial charge in [-0.3, -0.25) is 4.55 Å². The van der Waals surface area contributed by atoms with Gasteiger partial charge in [-0.2, -0.15) is 8.42 Å². The molecule has 1 rings (SSSR count). The molecule has 10 heteroatoms. The maximum absolute atomic E-state index is 11.1. The third kappa shape index (κ3) is 12.5. The summed E-state index contributed by atoms with van der Waals surface area (Å²) in [6, 6.07) is 0. The smallest absolute Gasteiger partial charge is 0.387 e. The average molecular weight is 470 g/mol. The van der Waals surface area contributed by atoms with E-state index in [1.807, 2.05) is 0 Å². The summed E-state index contributed by atoms with van der Waals surface area (Å²) in [5.41, 5.74) is 0. The number of methoxy groups -OCH3 is 1. The lowest BCUT2D eigenvalue weighted by Gasteiger charge is -2.41. The van der Waals surface area contributed by atoms with Crippen LogP contribution < -0.4 is 5.32 Å². The molecular formula is C21H43NO8S. The van der Waals surface area contributed by atoms with Crippen LogP contribution in [0.1, 0.15) is 84.0 Å². The van der Waals surface area contributed by atoms with Crippen LogP contribution in [0.2, 0.25) is 0 Å². The summed E-state index contributed by atoms with van der Waals surface area (Å²) in [5.74, 6) is 0. The van der Waals surface area contributed by atoms with E-state index in [4.69, 9.17) is 14.0 Å². The van der Waals surface area contributed by atoms with Crippen LogP contribution in [-0.2, 0) is 24.1 Å². The van der Waals surface area contributed by atoms with Gasteiger partial charge >= 0.3 is 10.4 Å². The summed E-state index contributed by atoms with van der Waals surface area (Å²) >= 11 is 0. The van der Waals surface area contributed by atoms with Gasteiger partial charge in [0.1, 0.15) is 24.4 Å². The molecule has 4 N–H and O–H groups in total. The molecule has 1 fully saturated rings. The van der Waals surface area contributed by atoms with Crippen molar-refractivity contribution in [2.24, 2.45) is 0 Å². The number of aliphatic hydroxyl groups is 2. The van der Waals surface area contributed by atoms with Crippen LogP contribution >= 0.6 is 0 Å². The van der Waals surface area contributed by atoms with Crippen molar-refractivity contribution in [2.75, 3.05) is 20.2 Å². The van der Waals surface area contributed by atoms with Gasteiger partial charge in [0.25, 0.3) is 0 Å². The molecule has 31 heavy (non-hydrogen) atoms. The normalized spacial score (nSPS) is 26.9. The fourth-order valence-electron chi connectivity index (χ4n) is 3.86. The molecule has 0 aromatic carbocycles. The Kier molecular flexibility index (Phi) is 15.1. The molecule has 1 saturated heterocycles. The maximum Gasteiger partial charge on any atom is 0.397 e. The molecule has 1 aliphatic heterocycles. The van der Waals surface area contributed by atoms with Crippen molar-refractivity contribution in [3.63, 3.8) is 0 Å². The molecule has 0 unspecified atom stereocenters. The Balaban J connectivity index is 2.17. The minimum absolute atomic E-state index is 0.182. The van der Waals surface area contributed by atoms with Gasteiger partial charge in [0.2, 0.25) is 0 Å². The van der Waals surface area contributed by atoms with E-state index in [1.165, 1.54) is 71.3 Å². The monoisotopic (exact) mass is 469 g/mol. The highest BCUT2D eigenvalue weighted by atomic mass is 32.3. The van der Waals surface area contributed by atoms with Crippen molar-refractivity contribution in [2.45, 2.75) is 115 Å². The highest BCUT2D eigenvalue weighted by Gasteiger charge is 2.47. The molecule has 0 bridgehead atoms. The van der Waals surface area contributed by atoms with Crippen molar-refractivity contribution in [3.8, 4) is 0 Å². The Morgan fingerprint density at radius 2 is 1.39 bits per heavy atom. The summed E-state index contributed by atoms with van der Waals surface area (Å²) in [5, 5.41) is 23.2. The molecule has 0 aliphatic carbocycles. The second-order valence-corrected chi connectivity index (χ2v) is 9.39. The Bertz CT molecular complexity index is 547. The lowest BCUT2D eigenvalue weighted by molar-refractivity contribution is -0.284. The van der Waals surface area contributed by atoms with Crippen molar-refractivity contribution >= 4 is 10.4 Å². The molecule has 0 aromatic heterocycles.